The van der Waals surface area contributed by atoms with E-state index < -0.39 is 0 Å². The van der Waals surface area contributed by atoms with Crippen molar-refractivity contribution in [2.24, 2.45) is 5.10 Å². The van der Waals surface area contributed by atoms with Crippen LogP contribution in [0.1, 0.15) is 5.56 Å². The molecule has 4 heteroatoms. The van der Waals surface area contributed by atoms with Crippen molar-refractivity contribution in [2.75, 3.05) is 14.1 Å². The summed E-state index contributed by atoms with van der Waals surface area (Å²) in [5, 5.41) is 23.9. The smallest absolute Gasteiger partial charge is 0.128 e. The highest BCUT2D eigenvalue weighted by Crippen LogP contribution is 2.20. The summed E-state index contributed by atoms with van der Waals surface area (Å²) < 4.78 is 0. The maximum Gasteiger partial charge on any atom is 0.128 e. The number of aromatic hydroxyl groups is 2. The Morgan fingerprint density at radius 3 is 2.54 bits per heavy atom. The molecule has 0 radical (unpaired) electrons. The molecule has 0 aliphatic carbocycles. The predicted molar refractivity (Wildman–Crippen MR) is 51.1 cm³/mol. The van der Waals surface area contributed by atoms with Gasteiger partial charge in [0.25, 0.3) is 0 Å². The average Bonchev–Trinajstić information content (AvgIpc) is 2.02. The minimum absolute atomic E-state index is 0.0191. The summed E-state index contributed by atoms with van der Waals surface area (Å²) in [6, 6.07) is 4.37. The highest BCUT2D eigenvalue weighted by molar-refractivity contribution is 5.83. The number of rotatable bonds is 2. The second-order valence-corrected chi connectivity index (χ2v) is 2.83. The van der Waals surface area contributed by atoms with Crippen LogP contribution in [-0.4, -0.2) is 35.5 Å². The van der Waals surface area contributed by atoms with Crippen LogP contribution in [0.3, 0.4) is 0 Å². The van der Waals surface area contributed by atoms with Gasteiger partial charge >= 0.3 is 0 Å². The van der Waals surface area contributed by atoms with E-state index in [1.807, 2.05) is 0 Å². The zero-order valence-electron chi connectivity index (χ0n) is 7.60. The molecular weight excluding hydrogens is 168 g/mol. The summed E-state index contributed by atoms with van der Waals surface area (Å²) in [4.78, 5) is 0. The molecule has 0 aromatic heterocycles. The lowest BCUT2D eigenvalue weighted by atomic mass is 10.2. The Balaban J connectivity index is 2.90. The van der Waals surface area contributed by atoms with E-state index in [9.17, 15) is 5.11 Å². The number of hydrazone groups is 1. The molecule has 0 saturated carbocycles. The highest BCUT2D eigenvalue weighted by Gasteiger charge is 1.98. The Kier molecular flexibility index (Phi) is 2.74. The number of nitrogens with zero attached hydrogens (tertiary/aromatic N) is 2. The summed E-state index contributed by atoms with van der Waals surface area (Å²) in [7, 11) is 3.57. The molecule has 70 valence electrons. The van der Waals surface area contributed by atoms with Gasteiger partial charge in [0, 0.05) is 25.7 Å². The molecule has 1 aromatic rings. The van der Waals surface area contributed by atoms with Crippen molar-refractivity contribution >= 4 is 6.21 Å². The molecule has 2 N–H and O–H groups in total. The normalized spacial score (nSPS) is 10.6. The first-order valence-corrected chi connectivity index (χ1v) is 3.83. The standard InChI is InChI=1S/C9H12N2O2/c1-11(2)10-6-7-3-4-8(12)5-9(7)13/h3-6,12-13H,1-2H3. The van der Waals surface area contributed by atoms with E-state index in [4.69, 9.17) is 5.11 Å². The van der Waals surface area contributed by atoms with Crippen LogP contribution in [0.4, 0.5) is 0 Å². The molecule has 13 heavy (non-hydrogen) atoms. The Morgan fingerprint density at radius 1 is 1.31 bits per heavy atom. The van der Waals surface area contributed by atoms with E-state index in [1.165, 1.54) is 18.3 Å². The van der Waals surface area contributed by atoms with Crippen LogP contribution < -0.4 is 0 Å². The van der Waals surface area contributed by atoms with Crippen molar-refractivity contribution in [3.63, 3.8) is 0 Å². The van der Waals surface area contributed by atoms with E-state index in [0.29, 0.717) is 5.56 Å². The van der Waals surface area contributed by atoms with Crippen molar-refractivity contribution in [3.8, 4) is 11.5 Å². The fourth-order valence-corrected chi connectivity index (χ4v) is 0.819. The van der Waals surface area contributed by atoms with Crippen LogP contribution in [0.25, 0.3) is 0 Å². The summed E-state index contributed by atoms with van der Waals surface area (Å²) >= 11 is 0. The molecule has 0 spiro atoms. The van der Waals surface area contributed by atoms with Crippen molar-refractivity contribution in [1.29, 1.82) is 0 Å². The van der Waals surface area contributed by atoms with Gasteiger partial charge < -0.3 is 15.2 Å². The topological polar surface area (TPSA) is 56.1 Å². The van der Waals surface area contributed by atoms with Gasteiger partial charge in [-0.3, -0.25) is 0 Å². The maximum absolute atomic E-state index is 9.33. The molecule has 0 heterocycles. The fourth-order valence-electron chi connectivity index (χ4n) is 0.819. The zero-order chi connectivity index (χ0) is 9.84. The van der Waals surface area contributed by atoms with Crippen LogP contribution >= 0.6 is 0 Å². The van der Waals surface area contributed by atoms with Gasteiger partial charge in [0.15, 0.2) is 0 Å². The van der Waals surface area contributed by atoms with E-state index in [-0.39, 0.29) is 11.5 Å². The average molecular weight is 180 g/mol. The Bertz CT molecular complexity index is 321. The van der Waals surface area contributed by atoms with Crippen LogP contribution in [0.2, 0.25) is 0 Å². The van der Waals surface area contributed by atoms with Gasteiger partial charge in [-0.1, -0.05) is 0 Å². The van der Waals surface area contributed by atoms with Crippen molar-refractivity contribution < 1.29 is 10.2 Å². The second-order valence-electron chi connectivity index (χ2n) is 2.83. The lowest BCUT2D eigenvalue weighted by Crippen LogP contribution is -2.01. The van der Waals surface area contributed by atoms with Gasteiger partial charge in [-0.05, 0) is 12.1 Å². The first-order valence-electron chi connectivity index (χ1n) is 3.83. The van der Waals surface area contributed by atoms with Crippen LogP contribution in [-0.2, 0) is 0 Å². The zero-order valence-corrected chi connectivity index (χ0v) is 7.60. The summed E-state index contributed by atoms with van der Waals surface area (Å²) in [5.74, 6) is 0.0603. The summed E-state index contributed by atoms with van der Waals surface area (Å²) in [5.41, 5.74) is 0.575. The van der Waals surface area contributed by atoms with Crippen LogP contribution in [0.15, 0.2) is 23.3 Å². The third-order valence-electron chi connectivity index (χ3n) is 1.44. The number of phenols is 2. The molecule has 0 atom stereocenters. The molecule has 1 aromatic carbocycles. The minimum Gasteiger partial charge on any atom is -0.508 e. The molecule has 0 unspecified atom stereocenters. The molecule has 4 nitrogen and oxygen atoms in total. The number of phenolic OH excluding ortho intramolecular Hbond substituents is 2. The largest absolute Gasteiger partial charge is 0.508 e. The third-order valence-corrected chi connectivity index (χ3v) is 1.44. The third kappa shape index (κ3) is 2.66. The van der Waals surface area contributed by atoms with Crippen molar-refractivity contribution in [3.05, 3.63) is 23.8 Å². The van der Waals surface area contributed by atoms with E-state index in [2.05, 4.69) is 5.10 Å². The number of hydrogen-bond donors (Lipinski definition) is 2. The van der Waals surface area contributed by atoms with Gasteiger partial charge in [0.1, 0.15) is 11.5 Å². The summed E-state index contributed by atoms with van der Waals surface area (Å²) in [6.45, 7) is 0. The molecule has 0 saturated heterocycles. The molecule has 0 amide bonds. The number of benzene rings is 1. The molecule has 0 fully saturated rings. The Morgan fingerprint density at radius 2 is 2.00 bits per heavy atom. The second kappa shape index (κ2) is 3.80. The van der Waals surface area contributed by atoms with Gasteiger partial charge in [-0.25, -0.2) is 0 Å². The molecule has 0 bridgehead atoms. The maximum atomic E-state index is 9.33. The lowest BCUT2D eigenvalue weighted by Gasteiger charge is -2.03. The van der Waals surface area contributed by atoms with E-state index in [1.54, 1.807) is 25.2 Å². The quantitative estimate of drug-likeness (QED) is 0.527. The van der Waals surface area contributed by atoms with Gasteiger partial charge in [0.05, 0.1) is 6.21 Å². The highest BCUT2D eigenvalue weighted by atomic mass is 16.3. The lowest BCUT2D eigenvalue weighted by molar-refractivity contribution is 0.438. The first-order chi connectivity index (χ1) is 6.09. The Labute approximate surface area is 76.7 Å². The van der Waals surface area contributed by atoms with Crippen molar-refractivity contribution in [1.82, 2.24) is 5.01 Å². The molecule has 1 rings (SSSR count). The van der Waals surface area contributed by atoms with Crippen LogP contribution in [0, 0.1) is 0 Å². The fraction of sp³-hybridized carbons (Fsp3) is 0.222. The van der Waals surface area contributed by atoms with Crippen molar-refractivity contribution in [2.45, 2.75) is 0 Å². The predicted octanol–water partition coefficient (Wildman–Crippen LogP) is 0.993. The summed E-state index contributed by atoms with van der Waals surface area (Å²) in [6.07, 6.45) is 1.52. The molecular formula is C9H12N2O2. The van der Waals surface area contributed by atoms with Gasteiger partial charge in [-0.2, -0.15) is 5.10 Å². The molecule has 0 aliphatic rings. The van der Waals surface area contributed by atoms with E-state index >= 15 is 0 Å². The van der Waals surface area contributed by atoms with Gasteiger partial charge in [0.2, 0.25) is 0 Å². The SMILES string of the molecule is CN(C)N=Cc1ccc(O)cc1O. The molecule has 0 aliphatic heterocycles. The number of hydrogen-bond acceptors (Lipinski definition) is 4. The van der Waals surface area contributed by atoms with Gasteiger partial charge in [-0.15, -0.1) is 0 Å². The van der Waals surface area contributed by atoms with Crippen LogP contribution in [0.5, 0.6) is 11.5 Å². The monoisotopic (exact) mass is 180 g/mol. The first kappa shape index (κ1) is 9.38. The Hall–Kier alpha value is -1.71. The minimum atomic E-state index is 0.0191. The van der Waals surface area contributed by atoms with E-state index in [0.717, 1.165) is 0 Å².